The summed E-state index contributed by atoms with van der Waals surface area (Å²) in [6.45, 7) is 14.7. The molecule has 0 aromatic carbocycles. The lowest BCUT2D eigenvalue weighted by atomic mass is 10.5. The smallest absolute Gasteiger partial charge is 0.0952 e. The van der Waals surface area contributed by atoms with Crippen LogP contribution in [0.4, 0.5) is 0 Å². The normalized spacial score (nSPS) is 20.1. The third-order valence-corrected chi connectivity index (χ3v) is 15.7. The second kappa shape index (κ2) is 8.49. The van der Waals surface area contributed by atoms with Gasteiger partial charge in [-0.15, -0.1) is 23.5 Å². The van der Waals surface area contributed by atoms with Gasteiger partial charge in [-0.1, -0.05) is 41.5 Å². The fourth-order valence-electron chi connectivity index (χ4n) is 4.47. The molecule has 1 atom stereocenters. The summed E-state index contributed by atoms with van der Waals surface area (Å²) >= 11 is 4.33. The zero-order valence-electron chi connectivity index (χ0n) is 14.4. The van der Waals surface area contributed by atoms with Gasteiger partial charge in [0.2, 0.25) is 0 Å². The lowest BCUT2D eigenvalue weighted by Gasteiger charge is -2.49. The Hall–Kier alpha value is 0.877. The molecule has 0 bridgehead atoms. The molecule has 4 heteroatoms. The van der Waals surface area contributed by atoms with E-state index in [1.807, 2.05) is 7.11 Å². The summed E-state index contributed by atoms with van der Waals surface area (Å²) in [5, 5.41) is 0. The Morgan fingerprint density at radius 3 is 1.75 bits per heavy atom. The zero-order chi connectivity index (χ0) is 15.3. The molecule has 0 aromatic rings. The van der Waals surface area contributed by atoms with Crippen LogP contribution in [-0.4, -0.2) is 37.0 Å². The molecule has 1 fully saturated rings. The summed E-state index contributed by atoms with van der Waals surface area (Å²) < 4.78 is 6.90. The number of methoxy groups -OCH3 is 1. The van der Waals surface area contributed by atoms with Crippen LogP contribution in [0.3, 0.4) is 0 Å². The largest absolute Gasteiger partial charge is 0.385 e. The predicted octanol–water partition coefficient (Wildman–Crippen LogP) is 5.81. The third kappa shape index (κ3) is 3.99. The van der Waals surface area contributed by atoms with E-state index in [1.54, 1.807) is 0 Å². The van der Waals surface area contributed by atoms with Crippen molar-refractivity contribution in [2.24, 2.45) is 0 Å². The van der Waals surface area contributed by atoms with Gasteiger partial charge >= 0.3 is 0 Å². The highest BCUT2D eigenvalue weighted by Crippen LogP contribution is 2.47. The quantitative estimate of drug-likeness (QED) is 0.544. The van der Waals surface area contributed by atoms with E-state index in [1.165, 1.54) is 24.3 Å². The lowest BCUT2D eigenvalue weighted by Crippen LogP contribution is -2.56. The highest BCUT2D eigenvalue weighted by Gasteiger charge is 2.50. The molecule has 120 valence electrons. The average molecular weight is 335 g/mol. The maximum Gasteiger partial charge on any atom is 0.0952 e. The van der Waals surface area contributed by atoms with Crippen molar-refractivity contribution in [3.05, 3.63) is 0 Å². The van der Waals surface area contributed by atoms with Gasteiger partial charge in [0.1, 0.15) is 0 Å². The maximum atomic E-state index is 6.14. The maximum absolute atomic E-state index is 6.14. The Balaban J connectivity index is 2.94. The molecule has 0 saturated carbocycles. The van der Waals surface area contributed by atoms with Gasteiger partial charge in [-0.2, -0.15) is 0 Å². The highest BCUT2D eigenvalue weighted by atomic mass is 32.2. The number of ether oxygens (including phenoxy) is 1. The lowest BCUT2D eigenvalue weighted by molar-refractivity contribution is 0.147. The molecule has 1 nitrogen and oxygen atoms in total. The van der Waals surface area contributed by atoms with E-state index in [4.69, 9.17) is 4.74 Å². The monoisotopic (exact) mass is 334 g/mol. The molecule has 0 radical (unpaired) electrons. The van der Waals surface area contributed by atoms with Crippen LogP contribution < -0.4 is 0 Å². The second-order valence-electron chi connectivity index (χ2n) is 6.95. The van der Waals surface area contributed by atoms with Gasteiger partial charge in [0.25, 0.3) is 0 Å². The van der Waals surface area contributed by atoms with E-state index in [-0.39, 0.29) is 0 Å². The third-order valence-electron chi connectivity index (χ3n) is 5.14. The van der Waals surface area contributed by atoms with Crippen molar-refractivity contribution < 1.29 is 4.74 Å². The van der Waals surface area contributed by atoms with Gasteiger partial charge in [-0.05, 0) is 41.0 Å². The Morgan fingerprint density at radius 1 is 0.950 bits per heavy atom. The van der Waals surface area contributed by atoms with Gasteiger partial charge in [0, 0.05) is 7.11 Å². The van der Waals surface area contributed by atoms with Gasteiger partial charge in [-0.3, -0.25) is 0 Å². The van der Waals surface area contributed by atoms with E-state index < -0.39 is 8.07 Å². The van der Waals surface area contributed by atoms with E-state index in [0.717, 1.165) is 21.2 Å². The molecule has 0 amide bonds. The van der Waals surface area contributed by atoms with Crippen LogP contribution in [0.1, 0.15) is 54.4 Å². The van der Waals surface area contributed by atoms with Crippen LogP contribution >= 0.6 is 23.5 Å². The van der Waals surface area contributed by atoms with Gasteiger partial charge < -0.3 is 4.74 Å². The molecule has 1 aliphatic heterocycles. The van der Waals surface area contributed by atoms with Crippen LogP contribution in [0.5, 0.6) is 0 Å². The first-order valence-electron chi connectivity index (χ1n) is 8.13. The minimum absolute atomic E-state index is 0.505. The number of hydrogen-bond donors (Lipinski definition) is 0. The number of thioether (sulfide) groups is 2. The topological polar surface area (TPSA) is 9.23 Å². The molecular formula is C16H34OS2Si. The number of rotatable bonds is 7. The Morgan fingerprint density at radius 2 is 1.40 bits per heavy atom. The predicted molar refractivity (Wildman–Crippen MR) is 99.8 cm³/mol. The Bertz CT molecular complexity index is 254. The van der Waals surface area contributed by atoms with E-state index >= 15 is 0 Å². The molecule has 1 unspecified atom stereocenters. The Kier molecular flexibility index (Phi) is 8.04. The summed E-state index contributed by atoms with van der Waals surface area (Å²) in [4.78, 5) is 0. The minimum Gasteiger partial charge on any atom is -0.385 e. The van der Waals surface area contributed by atoms with Crippen LogP contribution in [-0.2, 0) is 4.74 Å². The first-order valence-corrected chi connectivity index (χ1v) is 12.5. The highest BCUT2D eigenvalue weighted by molar-refractivity contribution is 8.17. The van der Waals surface area contributed by atoms with Crippen molar-refractivity contribution in [1.82, 2.24) is 0 Å². The molecule has 0 spiro atoms. The minimum atomic E-state index is -1.49. The van der Waals surface area contributed by atoms with Gasteiger partial charge in [0.05, 0.1) is 18.4 Å². The van der Waals surface area contributed by atoms with Crippen LogP contribution in [0.2, 0.25) is 16.6 Å². The molecule has 1 aliphatic rings. The molecular weight excluding hydrogens is 300 g/mol. The molecule has 0 N–H and O–H groups in total. The summed E-state index contributed by atoms with van der Waals surface area (Å²) in [5.74, 6) is 2.68. The average Bonchev–Trinajstić information content (AvgIpc) is 2.38. The molecule has 20 heavy (non-hydrogen) atoms. The summed E-state index contributed by atoms with van der Waals surface area (Å²) in [6, 6.07) is 0. The van der Waals surface area contributed by atoms with Crippen LogP contribution in [0.25, 0.3) is 0 Å². The summed E-state index contributed by atoms with van der Waals surface area (Å²) in [5.41, 5.74) is 2.86. The fraction of sp³-hybridized carbons (Fsp3) is 1.00. The zero-order valence-corrected chi connectivity index (χ0v) is 17.1. The molecule has 0 aromatic heterocycles. The summed E-state index contributed by atoms with van der Waals surface area (Å²) in [7, 11) is 0.466. The van der Waals surface area contributed by atoms with E-state index in [9.17, 15) is 0 Å². The molecule has 1 heterocycles. The van der Waals surface area contributed by atoms with Crippen molar-refractivity contribution in [3.8, 4) is 0 Å². The fourth-order valence-corrected chi connectivity index (χ4v) is 15.0. The van der Waals surface area contributed by atoms with Crippen molar-refractivity contribution in [2.75, 3.05) is 18.6 Å². The van der Waals surface area contributed by atoms with E-state index in [2.05, 4.69) is 65.1 Å². The first kappa shape index (κ1) is 18.9. The SMILES string of the molecule is COC(CC1SCCCS1)[Si](C(C)C)(C(C)C)C(C)C. The van der Waals surface area contributed by atoms with Crippen molar-refractivity contribution >= 4 is 31.6 Å². The van der Waals surface area contributed by atoms with Crippen LogP contribution in [0.15, 0.2) is 0 Å². The van der Waals surface area contributed by atoms with Crippen molar-refractivity contribution in [1.29, 1.82) is 0 Å². The first-order chi connectivity index (χ1) is 9.37. The standard InChI is InChI=1S/C16H34OS2Si/c1-12(2)20(13(3)4,14(5)6)15(17-7)11-16-18-9-8-10-19-16/h12-16H,8-11H2,1-7H3. The second-order valence-corrected chi connectivity index (χ2v) is 16.0. The van der Waals surface area contributed by atoms with Gasteiger partial charge in [0.15, 0.2) is 0 Å². The molecule has 1 saturated heterocycles. The van der Waals surface area contributed by atoms with Crippen molar-refractivity contribution in [3.63, 3.8) is 0 Å². The summed E-state index contributed by atoms with van der Waals surface area (Å²) in [6.07, 6.45) is 2.64. The molecule has 1 rings (SSSR count). The Labute approximate surface area is 136 Å². The van der Waals surface area contributed by atoms with E-state index in [0.29, 0.717) is 5.73 Å². The van der Waals surface area contributed by atoms with Gasteiger partial charge in [-0.25, -0.2) is 0 Å². The molecule has 0 aliphatic carbocycles. The van der Waals surface area contributed by atoms with Crippen LogP contribution in [0, 0.1) is 0 Å². The van der Waals surface area contributed by atoms with Crippen molar-refractivity contribution in [2.45, 2.75) is 81.3 Å². The number of hydrogen-bond acceptors (Lipinski definition) is 3.